The molecule has 10 aromatic carbocycles. The second-order valence-electron chi connectivity index (χ2n) is 21.4. The summed E-state index contributed by atoms with van der Waals surface area (Å²) in [6.45, 7) is 14.3. The lowest BCUT2D eigenvalue weighted by atomic mass is 9.31. The fraction of sp³-hybridized carbons (Fsp3) is 0.130. The molecule has 3 aliphatic rings. The van der Waals surface area contributed by atoms with Crippen LogP contribution in [0.25, 0.3) is 0 Å². The topological polar surface area (TPSA) is 9.72 Å². The monoisotopic (exact) mass is 1020 g/mol. The van der Waals surface area contributed by atoms with Gasteiger partial charge in [-0.3, -0.25) is 0 Å². The van der Waals surface area contributed by atoms with Gasteiger partial charge >= 0.3 is 0 Å². The van der Waals surface area contributed by atoms with Crippen LogP contribution in [0.4, 0.5) is 51.2 Å². The van der Waals surface area contributed by atoms with Gasteiger partial charge in [0.2, 0.25) is 13.4 Å². The van der Waals surface area contributed by atoms with Crippen LogP contribution < -0.4 is 47.5 Å². The minimum Gasteiger partial charge on any atom is -0.311 e. The van der Waals surface area contributed by atoms with Gasteiger partial charge in [0.25, 0.3) is 0 Å². The predicted molar refractivity (Wildman–Crippen MR) is 330 cm³/mol. The molecule has 368 valence electrons. The molecule has 76 heavy (non-hydrogen) atoms. The highest BCUT2D eigenvalue weighted by atomic mass is 32.2. The molecule has 0 bridgehead atoms. The zero-order valence-corrected chi connectivity index (χ0v) is 45.6. The third kappa shape index (κ3) is 8.36. The molecule has 0 saturated carbocycles. The van der Waals surface area contributed by atoms with Crippen LogP contribution in [0.15, 0.2) is 250 Å². The molecule has 0 aromatic heterocycles. The van der Waals surface area contributed by atoms with E-state index in [1.165, 1.54) is 80.4 Å². The fourth-order valence-electron chi connectivity index (χ4n) is 12.2. The van der Waals surface area contributed by atoms with E-state index < -0.39 is 0 Å². The van der Waals surface area contributed by atoms with Crippen molar-refractivity contribution in [2.24, 2.45) is 0 Å². The van der Waals surface area contributed by atoms with Crippen molar-refractivity contribution >= 4 is 121 Å². The number of nitrogens with zero attached hydrogens (tertiary/aromatic N) is 3. The van der Waals surface area contributed by atoms with E-state index in [-0.39, 0.29) is 13.4 Å². The zero-order chi connectivity index (χ0) is 51.6. The van der Waals surface area contributed by atoms with Crippen molar-refractivity contribution in [1.82, 2.24) is 0 Å². The highest BCUT2D eigenvalue weighted by molar-refractivity contribution is 8.00. The first-order valence-electron chi connectivity index (χ1n) is 27.0. The van der Waals surface area contributed by atoms with Crippen molar-refractivity contribution in [2.75, 3.05) is 14.7 Å². The van der Waals surface area contributed by atoms with Gasteiger partial charge < -0.3 is 14.7 Å². The molecular weight excluding hydrogens is 957 g/mol. The van der Waals surface area contributed by atoms with Crippen LogP contribution >= 0.6 is 23.5 Å². The second-order valence-corrected chi connectivity index (χ2v) is 23.6. The summed E-state index contributed by atoms with van der Waals surface area (Å²) >= 11 is 3.85. The average Bonchev–Trinajstić information content (AvgIpc) is 3.65. The maximum atomic E-state index is 2.66. The third-order valence-corrected chi connectivity index (χ3v) is 18.0. The first-order chi connectivity index (χ1) is 37.2. The molecule has 0 atom stereocenters. The van der Waals surface area contributed by atoms with E-state index in [1.54, 1.807) is 0 Å². The van der Waals surface area contributed by atoms with Gasteiger partial charge in [0, 0.05) is 70.8 Å². The minimum atomic E-state index is -0.00422. The van der Waals surface area contributed by atoms with Crippen molar-refractivity contribution in [3.8, 4) is 0 Å². The van der Waals surface area contributed by atoms with E-state index in [4.69, 9.17) is 0 Å². The van der Waals surface area contributed by atoms with Crippen molar-refractivity contribution < 1.29 is 0 Å². The number of hydrogen-bond donors (Lipinski definition) is 0. The quantitative estimate of drug-likeness (QED) is 0.119. The lowest BCUT2D eigenvalue weighted by Gasteiger charge is -2.42. The molecule has 13 rings (SSSR count). The van der Waals surface area contributed by atoms with Gasteiger partial charge in [0.1, 0.15) is 0 Å². The molecule has 0 radical (unpaired) electrons. The molecule has 0 fully saturated rings. The van der Waals surface area contributed by atoms with E-state index in [0.29, 0.717) is 17.8 Å². The molecule has 3 nitrogen and oxygen atoms in total. The van der Waals surface area contributed by atoms with E-state index in [0.717, 1.165) is 39.8 Å². The SMILES string of the molecule is CC(C)c1cc(C(C)C)c(B2c3ccc(N(c4ccccc4)c4ccccc4)cc3Sc3cc4c(cc32)B2c3ccccc3Sc3cc(N(c5ccccc5)c5ccccc5)cc(c32)N4c2ccccc2)c(C(C)C)c1. The van der Waals surface area contributed by atoms with Crippen molar-refractivity contribution in [1.29, 1.82) is 0 Å². The van der Waals surface area contributed by atoms with E-state index in [9.17, 15) is 0 Å². The molecule has 0 spiro atoms. The Bertz CT molecular complexity index is 3670. The smallest absolute Gasteiger partial charge is 0.249 e. The lowest BCUT2D eigenvalue weighted by molar-refractivity contribution is 0.812. The molecule has 3 heterocycles. The summed E-state index contributed by atoms with van der Waals surface area (Å²) in [5.74, 6) is 1.06. The number of fused-ring (bicyclic) bond motifs is 6. The summed E-state index contributed by atoms with van der Waals surface area (Å²) < 4.78 is 0. The van der Waals surface area contributed by atoms with Gasteiger partial charge in [-0.1, -0.05) is 220 Å². The number of hydrogen-bond acceptors (Lipinski definition) is 5. The molecule has 0 N–H and O–H groups in total. The standard InChI is InChI=1S/C69H59B2N3S2/c1-45(2)48-38-56(46(3)4)68(57(39-48)47(5)6)71-59-37-36-54(72(49-24-12-7-13-25-49)50-26-14-8-15-27-50)41-65(59)76-66-44-62-60(43-61(66)71)70-58-34-22-23-35-64(58)75-67-42-55(40-63(69(67)70)74(62)53-32-20-11-21-33-53)73(51-28-16-9-17-29-51)52-30-18-10-19-31-52/h7-47H,1-6H3. The van der Waals surface area contributed by atoms with Gasteiger partial charge in [-0.15, -0.1) is 0 Å². The molecule has 0 unspecified atom stereocenters. The predicted octanol–water partition coefficient (Wildman–Crippen LogP) is 15.7. The fourth-order valence-corrected chi connectivity index (χ4v) is 14.5. The Kier molecular flexibility index (Phi) is 12.6. The number of para-hydroxylation sites is 5. The molecule has 10 aromatic rings. The number of rotatable bonds is 11. The Morgan fingerprint density at radius 3 is 1.34 bits per heavy atom. The van der Waals surface area contributed by atoms with Gasteiger partial charge in [0.15, 0.2) is 0 Å². The molecular formula is C69H59B2N3S2. The molecule has 0 saturated heterocycles. The lowest BCUT2D eigenvalue weighted by Crippen LogP contribution is -2.63. The third-order valence-electron chi connectivity index (χ3n) is 15.7. The van der Waals surface area contributed by atoms with Crippen molar-refractivity contribution in [3.63, 3.8) is 0 Å². The van der Waals surface area contributed by atoms with E-state index in [1.807, 2.05) is 23.5 Å². The summed E-state index contributed by atoms with van der Waals surface area (Å²) in [6, 6.07) is 86.2. The first kappa shape index (κ1) is 48.1. The molecule has 3 aliphatic heterocycles. The average molecular weight is 1020 g/mol. The van der Waals surface area contributed by atoms with Crippen LogP contribution in [0.3, 0.4) is 0 Å². The van der Waals surface area contributed by atoms with Crippen LogP contribution in [0.5, 0.6) is 0 Å². The van der Waals surface area contributed by atoms with E-state index >= 15 is 0 Å². The maximum Gasteiger partial charge on any atom is 0.249 e. The van der Waals surface area contributed by atoms with Crippen LogP contribution in [-0.2, 0) is 0 Å². The Morgan fingerprint density at radius 1 is 0.329 bits per heavy atom. The largest absolute Gasteiger partial charge is 0.311 e. The van der Waals surface area contributed by atoms with E-state index in [2.05, 4.69) is 287 Å². The molecule has 0 aliphatic carbocycles. The highest BCUT2D eigenvalue weighted by Crippen LogP contribution is 2.48. The summed E-state index contributed by atoms with van der Waals surface area (Å²) in [5, 5.41) is 0. The van der Waals surface area contributed by atoms with Crippen LogP contribution in [0.1, 0.15) is 76.0 Å². The zero-order valence-electron chi connectivity index (χ0n) is 44.0. The maximum absolute atomic E-state index is 2.66. The van der Waals surface area contributed by atoms with Crippen LogP contribution in [0, 0.1) is 0 Å². The van der Waals surface area contributed by atoms with Crippen molar-refractivity contribution in [3.05, 3.63) is 247 Å². The van der Waals surface area contributed by atoms with Gasteiger partial charge in [0.05, 0.1) is 0 Å². The second kappa shape index (κ2) is 19.9. The summed E-state index contributed by atoms with van der Waals surface area (Å²) in [7, 11) is 0. The van der Waals surface area contributed by atoms with Crippen LogP contribution in [0.2, 0.25) is 0 Å². The Balaban J connectivity index is 1.09. The highest BCUT2D eigenvalue weighted by Gasteiger charge is 2.44. The summed E-state index contributed by atoms with van der Waals surface area (Å²) in [6.07, 6.45) is 0. The Morgan fingerprint density at radius 2 is 0.789 bits per heavy atom. The van der Waals surface area contributed by atoms with Crippen molar-refractivity contribution in [2.45, 2.75) is 78.9 Å². The number of benzene rings is 10. The minimum absolute atomic E-state index is 0.00422. The normalized spacial score (nSPS) is 13.0. The summed E-state index contributed by atoms with van der Waals surface area (Å²) in [5.41, 5.74) is 23.0. The van der Waals surface area contributed by atoms with Gasteiger partial charge in [-0.2, -0.15) is 0 Å². The molecule has 7 heteroatoms. The van der Waals surface area contributed by atoms with Gasteiger partial charge in [-0.25, -0.2) is 0 Å². The summed E-state index contributed by atoms with van der Waals surface area (Å²) in [4.78, 5) is 12.6. The first-order valence-corrected chi connectivity index (χ1v) is 28.6. The van der Waals surface area contributed by atoms with Crippen LogP contribution in [-0.4, -0.2) is 13.4 Å². The Hall–Kier alpha value is -7.57. The Labute approximate surface area is 458 Å². The number of anilines is 9. The van der Waals surface area contributed by atoms with Gasteiger partial charge in [-0.05, 0) is 142 Å². The molecule has 0 amide bonds.